The van der Waals surface area contributed by atoms with Crippen LogP contribution in [0.15, 0.2) is 12.4 Å². The van der Waals surface area contributed by atoms with Crippen LogP contribution in [0.4, 0.5) is 0 Å². The minimum Gasteiger partial charge on any atom is -0.376 e. The molecule has 0 saturated carbocycles. The molecule has 18 heavy (non-hydrogen) atoms. The molecule has 1 amide bonds. The number of rotatable bonds is 3. The lowest BCUT2D eigenvalue weighted by atomic mass is 10.1. The number of hydrogen-bond donors (Lipinski definition) is 1. The molecule has 1 aromatic rings. The third-order valence-electron chi connectivity index (χ3n) is 3.53. The summed E-state index contributed by atoms with van der Waals surface area (Å²) in [5.41, 5.74) is 6.72. The fraction of sp³-hybridized carbons (Fsp3) is 0.667. The zero-order valence-corrected chi connectivity index (χ0v) is 11.0. The van der Waals surface area contributed by atoms with Gasteiger partial charge in [-0.1, -0.05) is 0 Å². The molecule has 1 saturated heterocycles. The molecule has 6 heteroatoms. The topological polar surface area (TPSA) is 73.4 Å². The summed E-state index contributed by atoms with van der Waals surface area (Å²) in [6.07, 6.45) is 4.33. The third-order valence-corrected chi connectivity index (χ3v) is 3.53. The van der Waals surface area contributed by atoms with Crippen LogP contribution in [0.25, 0.3) is 0 Å². The fourth-order valence-corrected chi connectivity index (χ4v) is 2.36. The molecule has 6 nitrogen and oxygen atoms in total. The Hall–Kier alpha value is -1.40. The molecular formula is C12H20N4O2. The maximum atomic E-state index is 12.3. The minimum absolute atomic E-state index is 0.0695. The number of aryl methyl sites for hydroxylation is 1. The van der Waals surface area contributed by atoms with Crippen molar-refractivity contribution < 1.29 is 9.53 Å². The number of amides is 1. The molecule has 0 aromatic carbocycles. The zero-order chi connectivity index (χ0) is 13.3. The van der Waals surface area contributed by atoms with Crippen LogP contribution >= 0.6 is 0 Å². The van der Waals surface area contributed by atoms with Crippen molar-refractivity contribution in [3.05, 3.63) is 18.0 Å². The van der Waals surface area contributed by atoms with Gasteiger partial charge in [-0.25, -0.2) is 0 Å². The first-order chi connectivity index (χ1) is 8.50. The summed E-state index contributed by atoms with van der Waals surface area (Å²) in [4.78, 5) is 14.0. The first kappa shape index (κ1) is 13.0. The molecule has 0 spiro atoms. The lowest BCUT2D eigenvalue weighted by Crippen LogP contribution is -2.45. The molecule has 2 N–H and O–H groups in total. The monoisotopic (exact) mass is 252 g/mol. The lowest BCUT2D eigenvalue weighted by Gasteiger charge is -2.28. The van der Waals surface area contributed by atoms with Crippen molar-refractivity contribution in [3.63, 3.8) is 0 Å². The average molecular weight is 252 g/mol. The van der Waals surface area contributed by atoms with Crippen molar-refractivity contribution in [2.24, 2.45) is 12.8 Å². The van der Waals surface area contributed by atoms with E-state index in [0.29, 0.717) is 6.61 Å². The highest BCUT2D eigenvalue weighted by Gasteiger charge is 2.33. The third kappa shape index (κ3) is 2.39. The standard InChI is InChI=1S/C12H20N4O2/c1-8-10(4-5-18-8)16(3)12(17)11(13)9-6-14-15(2)7-9/h6-8,10-11H,4-5,13H2,1-3H3. The molecular weight excluding hydrogens is 232 g/mol. The second kappa shape index (κ2) is 5.07. The van der Waals surface area contributed by atoms with Crippen molar-refractivity contribution in [3.8, 4) is 0 Å². The second-order valence-electron chi connectivity index (χ2n) is 4.81. The van der Waals surface area contributed by atoms with Gasteiger partial charge in [-0.2, -0.15) is 5.10 Å². The number of nitrogens with zero attached hydrogens (tertiary/aromatic N) is 3. The molecule has 2 rings (SSSR count). The van der Waals surface area contributed by atoms with Crippen LogP contribution in [-0.4, -0.2) is 46.4 Å². The summed E-state index contributed by atoms with van der Waals surface area (Å²) in [6.45, 7) is 2.68. The van der Waals surface area contributed by atoms with Crippen LogP contribution in [0.3, 0.4) is 0 Å². The number of likely N-dealkylation sites (N-methyl/N-ethyl adjacent to an activating group) is 1. The summed E-state index contributed by atoms with van der Waals surface area (Å²) in [5, 5.41) is 4.03. The van der Waals surface area contributed by atoms with Gasteiger partial charge >= 0.3 is 0 Å². The van der Waals surface area contributed by atoms with Crippen LogP contribution in [0, 0.1) is 0 Å². The highest BCUT2D eigenvalue weighted by molar-refractivity contribution is 5.83. The van der Waals surface area contributed by atoms with E-state index in [-0.39, 0.29) is 18.1 Å². The van der Waals surface area contributed by atoms with Crippen LogP contribution in [0.1, 0.15) is 24.9 Å². The van der Waals surface area contributed by atoms with Crippen molar-refractivity contribution in [1.82, 2.24) is 14.7 Å². The molecule has 100 valence electrons. The predicted octanol–water partition coefficient (Wildman–Crippen LogP) is 0.0557. The SMILES string of the molecule is CC1OCCC1N(C)C(=O)C(N)c1cnn(C)c1. The molecule has 0 bridgehead atoms. The largest absolute Gasteiger partial charge is 0.376 e. The van der Waals surface area contributed by atoms with Crippen molar-refractivity contribution in [1.29, 1.82) is 0 Å². The minimum atomic E-state index is -0.656. The Morgan fingerprint density at radius 1 is 1.72 bits per heavy atom. The van der Waals surface area contributed by atoms with Gasteiger partial charge in [-0.3, -0.25) is 9.48 Å². The fourth-order valence-electron chi connectivity index (χ4n) is 2.36. The van der Waals surface area contributed by atoms with Crippen LogP contribution in [0.5, 0.6) is 0 Å². The van der Waals surface area contributed by atoms with Crippen LogP contribution in [0.2, 0.25) is 0 Å². The quantitative estimate of drug-likeness (QED) is 0.825. The number of hydrogen-bond acceptors (Lipinski definition) is 4. The molecule has 2 heterocycles. The van der Waals surface area contributed by atoms with Crippen LogP contribution < -0.4 is 5.73 Å². The van der Waals surface area contributed by atoms with E-state index in [4.69, 9.17) is 10.5 Å². The van der Waals surface area contributed by atoms with Crippen molar-refractivity contribution >= 4 is 5.91 Å². The van der Waals surface area contributed by atoms with E-state index < -0.39 is 6.04 Å². The summed E-state index contributed by atoms with van der Waals surface area (Å²) < 4.78 is 7.12. The summed E-state index contributed by atoms with van der Waals surface area (Å²) in [5.74, 6) is -0.0923. The molecule has 0 aliphatic carbocycles. The van der Waals surface area contributed by atoms with E-state index in [2.05, 4.69) is 5.10 Å². The molecule has 0 radical (unpaired) electrons. The highest BCUT2D eigenvalue weighted by atomic mass is 16.5. The normalized spacial score (nSPS) is 25.1. The van der Waals surface area contributed by atoms with E-state index >= 15 is 0 Å². The van der Waals surface area contributed by atoms with E-state index in [9.17, 15) is 4.79 Å². The van der Waals surface area contributed by atoms with Gasteiger partial charge in [0.15, 0.2) is 0 Å². The number of carbonyl (C=O) groups excluding carboxylic acids is 1. The van der Waals surface area contributed by atoms with E-state index in [1.54, 1.807) is 36.1 Å². The van der Waals surface area contributed by atoms with Gasteiger partial charge in [-0.15, -0.1) is 0 Å². The number of carbonyl (C=O) groups is 1. The molecule has 3 unspecified atom stereocenters. The molecule has 1 aliphatic heterocycles. The zero-order valence-electron chi connectivity index (χ0n) is 11.0. The Bertz CT molecular complexity index is 431. The van der Waals surface area contributed by atoms with Gasteiger partial charge in [0.25, 0.3) is 0 Å². The number of aromatic nitrogens is 2. The smallest absolute Gasteiger partial charge is 0.244 e. The van der Waals surface area contributed by atoms with Gasteiger partial charge in [0.2, 0.25) is 5.91 Å². The van der Waals surface area contributed by atoms with Gasteiger partial charge < -0.3 is 15.4 Å². The predicted molar refractivity (Wildman–Crippen MR) is 66.7 cm³/mol. The van der Waals surface area contributed by atoms with Gasteiger partial charge in [0.05, 0.1) is 18.3 Å². The summed E-state index contributed by atoms with van der Waals surface area (Å²) in [6, 6.07) is -0.545. The first-order valence-corrected chi connectivity index (χ1v) is 6.13. The Kier molecular flexibility index (Phi) is 3.68. The number of ether oxygens (including phenoxy) is 1. The summed E-state index contributed by atoms with van der Waals surface area (Å²) in [7, 11) is 3.59. The molecule has 1 fully saturated rings. The maximum Gasteiger partial charge on any atom is 0.244 e. The lowest BCUT2D eigenvalue weighted by molar-refractivity contribution is -0.134. The Morgan fingerprint density at radius 2 is 2.44 bits per heavy atom. The van der Waals surface area contributed by atoms with Gasteiger partial charge in [0.1, 0.15) is 6.04 Å². The van der Waals surface area contributed by atoms with E-state index in [0.717, 1.165) is 12.0 Å². The van der Waals surface area contributed by atoms with Gasteiger partial charge in [0, 0.05) is 32.5 Å². The number of nitrogens with two attached hydrogens (primary N) is 1. The summed E-state index contributed by atoms with van der Waals surface area (Å²) >= 11 is 0. The van der Waals surface area contributed by atoms with Crippen LogP contribution in [-0.2, 0) is 16.6 Å². The highest BCUT2D eigenvalue weighted by Crippen LogP contribution is 2.21. The Balaban J connectivity index is 2.06. The molecule has 1 aromatic heterocycles. The molecule has 1 aliphatic rings. The second-order valence-corrected chi connectivity index (χ2v) is 4.81. The van der Waals surface area contributed by atoms with E-state index in [1.165, 1.54) is 0 Å². The van der Waals surface area contributed by atoms with E-state index in [1.807, 2.05) is 6.92 Å². The van der Waals surface area contributed by atoms with Gasteiger partial charge in [-0.05, 0) is 13.3 Å². The molecule has 3 atom stereocenters. The maximum absolute atomic E-state index is 12.3. The average Bonchev–Trinajstić information content (AvgIpc) is 2.95. The first-order valence-electron chi connectivity index (χ1n) is 6.13. The Morgan fingerprint density at radius 3 is 2.94 bits per heavy atom. The Labute approximate surface area is 107 Å². The van der Waals surface area contributed by atoms with Crippen molar-refractivity contribution in [2.75, 3.05) is 13.7 Å². The van der Waals surface area contributed by atoms with Crippen molar-refractivity contribution in [2.45, 2.75) is 31.5 Å².